The number of rotatable bonds is 12. The van der Waals surface area contributed by atoms with Crippen LogP contribution >= 0.6 is 86.3 Å². The van der Waals surface area contributed by atoms with E-state index in [1.54, 1.807) is 106 Å². The average Bonchev–Trinajstić information content (AvgIpc) is 0.978. The van der Waals surface area contributed by atoms with Gasteiger partial charge in [-0.05, 0) is 54.0 Å². The molecule has 7 aromatic heterocycles. The van der Waals surface area contributed by atoms with E-state index in [0.29, 0.717) is 78.7 Å². The topological polar surface area (TPSA) is 299 Å². The van der Waals surface area contributed by atoms with Crippen molar-refractivity contribution in [3.8, 4) is 102 Å². The maximum absolute atomic E-state index is 13.0. The number of benzene rings is 3. The Hall–Kier alpha value is -8.22. The van der Waals surface area contributed by atoms with Crippen LogP contribution in [0.4, 0.5) is 11.6 Å². The molecule has 0 saturated heterocycles. The van der Waals surface area contributed by atoms with Crippen LogP contribution in [0.3, 0.4) is 0 Å². The van der Waals surface area contributed by atoms with E-state index in [9.17, 15) is 14.4 Å². The lowest BCUT2D eigenvalue weighted by atomic mass is 9.81. The van der Waals surface area contributed by atoms with Crippen molar-refractivity contribution in [2.24, 2.45) is 35.2 Å². The summed E-state index contributed by atoms with van der Waals surface area (Å²) in [4.78, 5) is 67.3. The van der Waals surface area contributed by atoms with Crippen molar-refractivity contribution in [2.75, 3.05) is 54.1 Å². The minimum atomic E-state index is -0.359. The van der Waals surface area contributed by atoms with Crippen LogP contribution in [0.15, 0.2) is 105 Å². The number of hydrogen-bond donors (Lipinski definition) is 2. The SMILES string of the molecule is COc1cc(OC)c(Cl)c(-c2nc(-c3nc(-c4cn(C)nc4C)cnc3N)cn(C)c2=O)c1.COc1cc(OC)c(Cl)c(-c2nc(Cl)cn(C)c2=O)c1.COc1cc(OC)cc(-c2nc(Cl)cn(C)c2=O)c1.Cc1nn(C)cc1-c1cnc(N)c(Br)n1.I.[B][B-]. The lowest BCUT2D eigenvalue weighted by Crippen LogP contribution is -2.21. The Labute approximate surface area is 564 Å². The zero-order chi connectivity index (χ0) is 65.7. The normalized spacial score (nSPS) is 10.3. The zero-order valence-electron chi connectivity index (χ0n) is 50.6. The lowest BCUT2D eigenvalue weighted by Gasteiger charge is -2.13. The zero-order valence-corrected chi connectivity index (χ0v) is 57.6. The molecular weight excluding hydrogens is 1420 g/mol. The first kappa shape index (κ1) is 72.5. The number of nitrogen functional groups attached to an aromatic ring is 2. The quantitative estimate of drug-likeness (QED) is 0.0850. The third kappa shape index (κ3) is 17.2. The number of aromatic nitrogens is 14. The van der Waals surface area contributed by atoms with Gasteiger partial charge in [-0.1, -0.05) is 46.4 Å². The van der Waals surface area contributed by atoms with E-state index in [0.717, 1.165) is 28.2 Å². The number of anilines is 2. The standard InChI is InChI=1S/C22H22ClN7O3.C13H12Cl2N2O3.C13H13ClN2O3.C9H10BrN5.B2.HI/c1-11-14(9-30(3)28-11)15-8-25-21(24)20(26-15)16-10-29(2)22(31)19(27-16)13-6-12(32-4)7-17(33-5)18(13)23;1-17-6-10(14)16-12(13(17)18)8-4-7(19-2)5-9(20-3)11(8)15;1-16-7-11(14)15-12(13(16)17)8-4-9(18-2)6-10(5-8)19-3;1-5-6(4-15(2)14-5)7-3-12-9(11)8(10)13-7;1-2;/h6-10H,1-5H3,(H2,24,25);4-6H,1-3H3;4-7H,1-3H3;3-4H,1-2H3,(H2,11,12);;1H/q;;;;-1;. The summed E-state index contributed by atoms with van der Waals surface area (Å²) in [6.07, 6.45) is 11.4. The van der Waals surface area contributed by atoms with Crippen LogP contribution in [0, 0.1) is 13.8 Å². The summed E-state index contributed by atoms with van der Waals surface area (Å²) < 4.78 is 39.5. The number of nitrogens with two attached hydrogens (primary N) is 2. The molecule has 4 N–H and O–H groups in total. The first-order valence-corrected chi connectivity index (χ1v) is 28.0. The van der Waals surface area contributed by atoms with Gasteiger partial charge < -0.3 is 69.1 Å². The molecular formula is C57H58B2BrCl4IN16O9-. The van der Waals surface area contributed by atoms with Crippen LogP contribution < -0.4 is 56.6 Å². The predicted molar refractivity (Wildman–Crippen MR) is 364 cm³/mol. The second-order valence-electron chi connectivity index (χ2n) is 18.6. The van der Waals surface area contributed by atoms with Crippen LogP contribution in [-0.2, 0) is 35.2 Å². The second kappa shape index (κ2) is 32.5. The summed E-state index contributed by atoms with van der Waals surface area (Å²) in [5, 5.41) is 9.55. The van der Waals surface area contributed by atoms with E-state index in [4.69, 9.17) is 86.3 Å². The molecule has 0 aliphatic carbocycles. The van der Waals surface area contributed by atoms with E-state index in [2.05, 4.69) is 76.5 Å². The van der Waals surface area contributed by atoms with E-state index in [-0.39, 0.29) is 83.9 Å². The van der Waals surface area contributed by atoms with E-state index in [1.165, 1.54) is 54.5 Å². The number of ether oxygens (including phenoxy) is 6. The molecule has 469 valence electrons. The van der Waals surface area contributed by atoms with Crippen molar-refractivity contribution < 1.29 is 28.4 Å². The molecule has 0 fully saturated rings. The van der Waals surface area contributed by atoms with Gasteiger partial charge in [-0.25, -0.2) is 34.9 Å². The molecule has 0 aliphatic rings. The van der Waals surface area contributed by atoms with Gasteiger partial charge >= 0.3 is 0 Å². The van der Waals surface area contributed by atoms with Gasteiger partial charge in [0.15, 0.2) is 11.6 Å². The minimum absolute atomic E-state index is 0. The number of hydrogen-bond acceptors (Lipinski definition) is 20. The fourth-order valence-electron chi connectivity index (χ4n) is 8.29. The largest absolute Gasteiger partial charge is 0.693 e. The molecule has 7 heterocycles. The van der Waals surface area contributed by atoms with Crippen molar-refractivity contribution in [3.05, 3.63) is 153 Å². The number of methoxy groups -OCH3 is 6. The highest BCUT2D eigenvalue weighted by Crippen LogP contribution is 2.40. The molecule has 0 saturated carbocycles. The molecule has 90 heavy (non-hydrogen) atoms. The molecule has 0 aliphatic heterocycles. The third-order valence-corrected chi connectivity index (χ3v) is 14.3. The number of halogens is 6. The second-order valence-corrected chi connectivity index (χ2v) is 20.8. The van der Waals surface area contributed by atoms with E-state index < -0.39 is 0 Å². The molecule has 10 rings (SSSR count). The molecule has 0 atom stereocenters. The molecule has 25 nitrogen and oxygen atoms in total. The van der Waals surface area contributed by atoms with Gasteiger partial charge in [0.05, 0.1) is 87.9 Å². The van der Waals surface area contributed by atoms with Crippen molar-refractivity contribution in [1.29, 1.82) is 0 Å². The fourth-order valence-corrected chi connectivity index (χ4v) is 9.60. The van der Waals surface area contributed by atoms with Gasteiger partial charge in [0, 0.05) is 112 Å². The van der Waals surface area contributed by atoms with Crippen molar-refractivity contribution in [1.82, 2.24) is 68.2 Å². The van der Waals surface area contributed by atoms with E-state index in [1.807, 2.05) is 40.3 Å². The Morgan fingerprint density at radius 1 is 0.467 bits per heavy atom. The average molecular weight is 1480 g/mol. The first-order chi connectivity index (χ1) is 42.3. The maximum atomic E-state index is 13.0. The number of nitrogens with zero attached hydrogens (tertiary/aromatic N) is 14. The van der Waals surface area contributed by atoms with Gasteiger partial charge in [-0.3, -0.25) is 23.7 Å². The van der Waals surface area contributed by atoms with E-state index >= 15 is 0 Å². The summed E-state index contributed by atoms with van der Waals surface area (Å²) in [5.74, 6) is 3.45. The van der Waals surface area contributed by atoms with Crippen LogP contribution in [-0.4, -0.2) is 126 Å². The van der Waals surface area contributed by atoms with Crippen LogP contribution in [0.5, 0.6) is 34.5 Å². The molecule has 3 aromatic carbocycles. The monoisotopic (exact) mass is 1480 g/mol. The van der Waals surface area contributed by atoms with Gasteiger partial charge in [0.25, 0.3) is 16.7 Å². The molecule has 0 amide bonds. The van der Waals surface area contributed by atoms with Crippen LogP contribution in [0.1, 0.15) is 11.4 Å². The summed E-state index contributed by atoms with van der Waals surface area (Å²) >= 11 is 27.8. The predicted octanol–water partition coefficient (Wildman–Crippen LogP) is 9.14. The van der Waals surface area contributed by atoms with Crippen molar-refractivity contribution in [2.45, 2.75) is 13.8 Å². The third-order valence-electron chi connectivity index (χ3n) is 12.6. The minimum Gasteiger partial charge on any atom is -0.693 e. The fraction of sp³-hybridized carbons (Fsp3) is 0.228. The Kier molecular flexibility index (Phi) is 26.2. The number of aryl methyl sites for hydroxylation is 7. The summed E-state index contributed by atoms with van der Waals surface area (Å²) in [6, 6.07) is 11.6. The molecule has 0 bridgehead atoms. The highest BCUT2D eigenvalue weighted by atomic mass is 127. The van der Waals surface area contributed by atoms with Crippen molar-refractivity contribution in [3.63, 3.8) is 0 Å². The molecule has 0 unspecified atom stereocenters. The van der Waals surface area contributed by atoms with Gasteiger partial charge in [-0.2, -0.15) is 10.2 Å². The maximum Gasteiger partial charge on any atom is 0.276 e. The van der Waals surface area contributed by atoms with Gasteiger partial charge in [0.2, 0.25) is 0 Å². The first-order valence-electron chi connectivity index (χ1n) is 25.7. The summed E-state index contributed by atoms with van der Waals surface area (Å²) in [6.45, 7) is 3.81. The molecule has 5 radical (unpaired) electrons. The Bertz CT molecular complexity index is 4380. The highest BCUT2D eigenvalue weighted by molar-refractivity contribution is 14.0. The Morgan fingerprint density at radius 2 is 0.844 bits per heavy atom. The smallest absolute Gasteiger partial charge is 0.276 e. The van der Waals surface area contributed by atoms with Crippen LogP contribution in [0.25, 0.3) is 67.7 Å². The Morgan fingerprint density at radius 3 is 1.26 bits per heavy atom. The summed E-state index contributed by atoms with van der Waals surface area (Å²) in [7, 11) is 25.6. The Balaban J connectivity index is 0.000000225. The molecule has 10 aromatic rings. The molecule has 33 heteroatoms. The lowest BCUT2D eigenvalue weighted by molar-refractivity contribution is 0.394. The van der Waals surface area contributed by atoms with Crippen LogP contribution in [0.2, 0.25) is 20.4 Å². The summed E-state index contributed by atoms with van der Waals surface area (Å²) in [5.41, 5.74) is 18.2. The highest BCUT2D eigenvalue weighted by Gasteiger charge is 2.22. The van der Waals surface area contributed by atoms with Gasteiger partial charge in [0.1, 0.15) is 77.9 Å². The van der Waals surface area contributed by atoms with Gasteiger partial charge in [-0.15, -0.1) is 24.0 Å². The molecule has 0 spiro atoms. The van der Waals surface area contributed by atoms with Crippen molar-refractivity contribution >= 4 is 113 Å².